The van der Waals surface area contributed by atoms with Gasteiger partial charge in [-0.1, -0.05) is 6.07 Å². The molecular formula is C18H20FN3O3S. The summed E-state index contributed by atoms with van der Waals surface area (Å²) in [5.41, 5.74) is 0.569. The van der Waals surface area contributed by atoms with Gasteiger partial charge in [0.1, 0.15) is 5.82 Å². The third-order valence-electron chi connectivity index (χ3n) is 4.25. The Bertz CT molecular complexity index is 900. The van der Waals surface area contributed by atoms with Crippen LogP contribution in [0.2, 0.25) is 0 Å². The first kappa shape index (κ1) is 18.3. The first-order valence-electron chi connectivity index (χ1n) is 8.27. The number of anilines is 1. The van der Waals surface area contributed by atoms with Gasteiger partial charge in [0.15, 0.2) is 0 Å². The lowest BCUT2D eigenvalue weighted by Crippen LogP contribution is -2.52. The Morgan fingerprint density at radius 2 is 1.96 bits per heavy atom. The predicted molar refractivity (Wildman–Crippen MR) is 97.0 cm³/mol. The number of nitrogens with one attached hydrogen (secondary N) is 2. The number of hydrogen-bond acceptors (Lipinski definition) is 4. The van der Waals surface area contributed by atoms with Crippen LogP contribution < -0.4 is 10.0 Å². The molecule has 0 radical (unpaired) electrons. The molecule has 2 aromatic rings. The van der Waals surface area contributed by atoms with E-state index < -0.39 is 15.8 Å². The number of halogens is 1. The molecule has 8 heteroatoms. The Labute approximate surface area is 152 Å². The molecule has 0 saturated carbocycles. The van der Waals surface area contributed by atoms with Gasteiger partial charge in [-0.05, 0) is 49.4 Å². The number of piperazine rings is 1. The summed E-state index contributed by atoms with van der Waals surface area (Å²) < 4.78 is 40.5. The van der Waals surface area contributed by atoms with Crippen LogP contribution in [0.15, 0.2) is 53.4 Å². The second kappa shape index (κ2) is 7.43. The van der Waals surface area contributed by atoms with E-state index in [1.54, 1.807) is 17.0 Å². The summed E-state index contributed by atoms with van der Waals surface area (Å²) in [6.07, 6.45) is 0. The molecule has 26 heavy (non-hydrogen) atoms. The van der Waals surface area contributed by atoms with E-state index in [2.05, 4.69) is 10.0 Å². The van der Waals surface area contributed by atoms with Crippen molar-refractivity contribution in [3.05, 3.63) is 59.9 Å². The zero-order chi connectivity index (χ0) is 18.7. The van der Waals surface area contributed by atoms with Crippen molar-refractivity contribution in [3.8, 4) is 0 Å². The van der Waals surface area contributed by atoms with Crippen LogP contribution in [0, 0.1) is 5.82 Å². The van der Waals surface area contributed by atoms with Gasteiger partial charge < -0.3 is 10.2 Å². The van der Waals surface area contributed by atoms with E-state index >= 15 is 0 Å². The van der Waals surface area contributed by atoms with Crippen LogP contribution in [0.25, 0.3) is 0 Å². The molecule has 1 atom stereocenters. The fourth-order valence-electron chi connectivity index (χ4n) is 2.84. The summed E-state index contributed by atoms with van der Waals surface area (Å²) in [5, 5.41) is 3.21. The summed E-state index contributed by atoms with van der Waals surface area (Å²) in [5.74, 6) is -0.650. The van der Waals surface area contributed by atoms with Crippen molar-refractivity contribution in [2.24, 2.45) is 0 Å². The Morgan fingerprint density at radius 1 is 1.23 bits per heavy atom. The number of hydrogen-bond donors (Lipinski definition) is 2. The second-order valence-electron chi connectivity index (χ2n) is 6.19. The van der Waals surface area contributed by atoms with Gasteiger partial charge in [-0.2, -0.15) is 0 Å². The second-order valence-corrected chi connectivity index (χ2v) is 7.87. The maximum Gasteiger partial charge on any atom is 0.261 e. The van der Waals surface area contributed by atoms with E-state index in [0.717, 1.165) is 0 Å². The highest BCUT2D eigenvalue weighted by atomic mass is 32.2. The molecule has 0 bridgehead atoms. The van der Waals surface area contributed by atoms with Crippen molar-refractivity contribution in [2.75, 3.05) is 24.4 Å². The first-order valence-corrected chi connectivity index (χ1v) is 9.75. The number of amides is 1. The quantitative estimate of drug-likeness (QED) is 0.855. The topological polar surface area (TPSA) is 78.5 Å². The number of sulfonamides is 1. The molecule has 1 saturated heterocycles. The van der Waals surface area contributed by atoms with Crippen LogP contribution in [-0.4, -0.2) is 44.9 Å². The molecule has 6 nitrogen and oxygen atoms in total. The van der Waals surface area contributed by atoms with Crippen molar-refractivity contribution < 1.29 is 17.6 Å². The molecule has 1 fully saturated rings. The van der Waals surface area contributed by atoms with Crippen LogP contribution in [-0.2, 0) is 10.0 Å². The number of rotatable bonds is 4. The van der Waals surface area contributed by atoms with Gasteiger partial charge in [0.25, 0.3) is 15.9 Å². The highest BCUT2D eigenvalue weighted by molar-refractivity contribution is 7.92. The molecule has 0 aliphatic carbocycles. The Kier molecular flexibility index (Phi) is 5.24. The summed E-state index contributed by atoms with van der Waals surface area (Å²) >= 11 is 0. The lowest BCUT2D eigenvalue weighted by atomic mass is 10.1. The largest absolute Gasteiger partial charge is 0.333 e. The van der Waals surface area contributed by atoms with Crippen LogP contribution >= 0.6 is 0 Å². The highest BCUT2D eigenvalue weighted by Crippen LogP contribution is 2.19. The summed E-state index contributed by atoms with van der Waals surface area (Å²) in [6.45, 7) is 3.93. The molecule has 2 N–H and O–H groups in total. The summed E-state index contributed by atoms with van der Waals surface area (Å²) in [7, 11) is -3.88. The lowest BCUT2D eigenvalue weighted by molar-refractivity contribution is 0.0655. The zero-order valence-corrected chi connectivity index (χ0v) is 15.1. The van der Waals surface area contributed by atoms with Crippen LogP contribution in [0.1, 0.15) is 17.3 Å². The molecule has 138 valence electrons. The smallest absolute Gasteiger partial charge is 0.261 e. The Hall–Kier alpha value is -2.45. The predicted octanol–water partition coefficient (Wildman–Crippen LogP) is 2.06. The summed E-state index contributed by atoms with van der Waals surface area (Å²) in [6, 6.07) is 11.0. The van der Waals surface area contributed by atoms with E-state index in [0.29, 0.717) is 25.2 Å². The maximum absolute atomic E-state index is 13.0. The molecule has 1 aliphatic heterocycles. The van der Waals surface area contributed by atoms with Gasteiger partial charge in [0.2, 0.25) is 0 Å². The standard InChI is InChI=1S/C18H20FN3O3S/c1-13-12-20-9-10-22(13)18(23)14-3-2-4-17(11-14)26(24,25)21-16-7-5-15(19)6-8-16/h2-8,11,13,20-21H,9-10,12H2,1H3/t13-/m0/s1. The fraction of sp³-hybridized carbons (Fsp3) is 0.278. The Balaban J connectivity index is 1.83. The van der Waals surface area contributed by atoms with Crippen molar-refractivity contribution in [3.63, 3.8) is 0 Å². The molecule has 0 unspecified atom stereocenters. The minimum atomic E-state index is -3.88. The monoisotopic (exact) mass is 377 g/mol. The lowest BCUT2D eigenvalue weighted by Gasteiger charge is -2.34. The molecule has 1 heterocycles. The minimum absolute atomic E-state index is 0.0181. The van der Waals surface area contributed by atoms with E-state index in [4.69, 9.17) is 0 Å². The van der Waals surface area contributed by atoms with E-state index in [-0.39, 0.29) is 22.5 Å². The van der Waals surface area contributed by atoms with Crippen molar-refractivity contribution >= 4 is 21.6 Å². The number of carbonyl (C=O) groups excluding carboxylic acids is 1. The molecule has 2 aromatic carbocycles. The van der Waals surface area contributed by atoms with Crippen molar-refractivity contribution in [2.45, 2.75) is 17.9 Å². The normalized spacial score (nSPS) is 17.8. The average Bonchev–Trinajstić information content (AvgIpc) is 2.63. The van der Waals surface area contributed by atoms with E-state index in [1.165, 1.54) is 36.4 Å². The number of benzene rings is 2. The van der Waals surface area contributed by atoms with Gasteiger partial charge in [0, 0.05) is 36.9 Å². The zero-order valence-electron chi connectivity index (χ0n) is 14.3. The van der Waals surface area contributed by atoms with Gasteiger partial charge in [-0.25, -0.2) is 12.8 Å². The van der Waals surface area contributed by atoms with Crippen LogP contribution in [0.4, 0.5) is 10.1 Å². The molecule has 3 rings (SSSR count). The van der Waals surface area contributed by atoms with Gasteiger partial charge in [0.05, 0.1) is 4.90 Å². The van der Waals surface area contributed by atoms with Crippen LogP contribution in [0.5, 0.6) is 0 Å². The van der Waals surface area contributed by atoms with Gasteiger partial charge >= 0.3 is 0 Å². The fourth-order valence-corrected chi connectivity index (χ4v) is 3.94. The van der Waals surface area contributed by atoms with E-state index in [1.807, 2.05) is 6.92 Å². The average molecular weight is 377 g/mol. The third kappa shape index (κ3) is 4.03. The Morgan fingerprint density at radius 3 is 2.65 bits per heavy atom. The molecule has 1 amide bonds. The van der Waals surface area contributed by atoms with Crippen molar-refractivity contribution in [1.29, 1.82) is 0 Å². The van der Waals surface area contributed by atoms with Crippen molar-refractivity contribution in [1.82, 2.24) is 10.2 Å². The van der Waals surface area contributed by atoms with E-state index in [9.17, 15) is 17.6 Å². The first-order chi connectivity index (χ1) is 12.4. The molecule has 1 aliphatic rings. The van der Waals surface area contributed by atoms with Gasteiger partial charge in [-0.15, -0.1) is 0 Å². The molecular weight excluding hydrogens is 357 g/mol. The highest BCUT2D eigenvalue weighted by Gasteiger charge is 2.25. The van der Waals surface area contributed by atoms with Crippen LogP contribution in [0.3, 0.4) is 0 Å². The number of carbonyl (C=O) groups is 1. The third-order valence-corrected chi connectivity index (χ3v) is 5.63. The molecule has 0 aromatic heterocycles. The maximum atomic E-state index is 13.0. The summed E-state index contributed by atoms with van der Waals surface area (Å²) in [4.78, 5) is 14.4. The van der Waals surface area contributed by atoms with Gasteiger partial charge in [-0.3, -0.25) is 9.52 Å². The minimum Gasteiger partial charge on any atom is -0.333 e. The molecule has 0 spiro atoms. The number of nitrogens with zero attached hydrogens (tertiary/aromatic N) is 1. The SMILES string of the molecule is C[C@H]1CNCCN1C(=O)c1cccc(S(=O)(=O)Nc2ccc(F)cc2)c1.